The number of piperidine rings is 1. The molecule has 176 valence electrons. The van der Waals surface area contributed by atoms with Crippen molar-refractivity contribution in [1.29, 1.82) is 0 Å². The molecule has 3 heterocycles. The van der Waals surface area contributed by atoms with Crippen LogP contribution in [-0.2, 0) is 20.3 Å². The van der Waals surface area contributed by atoms with E-state index in [0.717, 1.165) is 61.5 Å². The molecule has 0 saturated carbocycles. The van der Waals surface area contributed by atoms with E-state index in [1.165, 1.54) is 11.8 Å². The molecule has 0 N–H and O–H groups in total. The molecule has 5 nitrogen and oxygen atoms in total. The molecule has 0 amide bonds. The molecule has 0 bridgehead atoms. The molecular formula is C25H35FN2O3S. The van der Waals surface area contributed by atoms with Gasteiger partial charge in [-0.05, 0) is 68.5 Å². The number of halogens is 1. The molecule has 32 heavy (non-hydrogen) atoms. The number of allylic oxidation sites excluding steroid dienone is 1. The third kappa shape index (κ3) is 5.73. The van der Waals surface area contributed by atoms with Gasteiger partial charge in [-0.3, -0.25) is 0 Å². The Kier molecular flexibility index (Phi) is 6.43. The number of sulfone groups is 1. The van der Waals surface area contributed by atoms with Crippen LogP contribution in [0.4, 0.5) is 4.39 Å². The van der Waals surface area contributed by atoms with E-state index >= 15 is 0 Å². The summed E-state index contributed by atoms with van der Waals surface area (Å²) in [7, 11) is -0.974. The fraction of sp³-hybridized carbons (Fsp3) is 0.600. The first-order valence-corrected chi connectivity index (χ1v) is 13.5. The van der Waals surface area contributed by atoms with Crippen molar-refractivity contribution >= 4 is 15.5 Å². The zero-order chi connectivity index (χ0) is 23.1. The minimum atomic E-state index is -3.04. The Bertz CT molecular complexity index is 1000. The van der Waals surface area contributed by atoms with Crippen LogP contribution in [0.15, 0.2) is 41.7 Å². The first kappa shape index (κ1) is 23.3. The lowest BCUT2D eigenvalue weighted by atomic mass is 9.88. The molecule has 1 unspecified atom stereocenters. The van der Waals surface area contributed by atoms with Crippen LogP contribution in [0.1, 0.15) is 44.2 Å². The van der Waals surface area contributed by atoms with Crippen molar-refractivity contribution in [2.75, 3.05) is 39.5 Å². The molecule has 1 aromatic rings. The molecule has 0 spiro atoms. The Morgan fingerprint density at radius 2 is 1.81 bits per heavy atom. The predicted octanol–water partition coefficient (Wildman–Crippen LogP) is 4.02. The largest absolute Gasteiger partial charge is 0.492 e. The Morgan fingerprint density at radius 3 is 2.41 bits per heavy atom. The molecule has 0 radical (unpaired) electrons. The normalized spacial score (nSPS) is 23.2. The van der Waals surface area contributed by atoms with E-state index in [0.29, 0.717) is 12.5 Å². The van der Waals surface area contributed by atoms with E-state index in [4.69, 9.17) is 4.74 Å². The van der Waals surface area contributed by atoms with Gasteiger partial charge in [0.2, 0.25) is 0 Å². The predicted molar refractivity (Wildman–Crippen MR) is 126 cm³/mol. The summed E-state index contributed by atoms with van der Waals surface area (Å²) < 4.78 is 43.5. The highest BCUT2D eigenvalue weighted by atomic mass is 32.2. The molecule has 0 aliphatic carbocycles. The van der Waals surface area contributed by atoms with Crippen LogP contribution in [0.25, 0.3) is 5.70 Å². The van der Waals surface area contributed by atoms with Gasteiger partial charge in [0, 0.05) is 32.0 Å². The van der Waals surface area contributed by atoms with E-state index in [-0.39, 0.29) is 11.9 Å². The Labute approximate surface area is 191 Å². The summed E-state index contributed by atoms with van der Waals surface area (Å²) in [5, 5.41) is 0. The maximum Gasteiger partial charge on any atom is 0.151 e. The van der Waals surface area contributed by atoms with Gasteiger partial charge in [-0.2, -0.15) is 0 Å². The van der Waals surface area contributed by atoms with E-state index in [2.05, 4.69) is 22.9 Å². The number of rotatable bonds is 6. The lowest BCUT2D eigenvalue weighted by Gasteiger charge is -2.36. The molecule has 7 heteroatoms. The van der Waals surface area contributed by atoms with E-state index < -0.39 is 15.5 Å². The molecule has 3 aliphatic heterocycles. The second-order valence-electron chi connectivity index (χ2n) is 10.3. The Morgan fingerprint density at radius 1 is 1.16 bits per heavy atom. The van der Waals surface area contributed by atoms with Crippen LogP contribution >= 0.6 is 0 Å². The number of nitrogens with zero attached hydrogens (tertiary/aromatic N) is 2. The van der Waals surface area contributed by atoms with Crippen LogP contribution in [0, 0.1) is 5.92 Å². The van der Waals surface area contributed by atoms with Crippen molar-refractivity contribution in [2.45, 2.75) is 50.6 Å². The van der Waals surface area contributed by atoms with Crippen LogP contribution in [0.5, 0.6) is 0 Å². The standard InChI is InChI=1S/C25H35FN2O3S/c1-25(2,26)17-28-11-9-20(10-12-28)23-14-21-13-22(27(3)15-24(21)31-23)19-7-5-18(6-8-19)16-32(4,29)30/h5-8,13,20,23H,9-12,14-17H2,1-4H3. The minimum Gasteiger partial charge on any atom is -0.492 e. The minimum absolute atomic E-state index is 0.0641. The Balaban J connectivity index is 1.39. The van der Waals surface area contributed by atoms with Gasteiger partial charge in [-0.1, -0.05) is 24.3 Å². The molecule has 1 saturated heterocycles. The monoisotopic (exact) mass is 462 g/mol. The van der Waals surface area contributed by atoms with E-state index in [1.54, 1.807) is 13.8 Å². The molecule has 3 aliphatic rings. The van der Waals surface area contributed by atoms with Gasteiger partial charge in [0.25, 0.3) is 0 Å². The summed E-state index contributed by atoms with van der Waals surface area (Å²) >= 11 is 0. The highest BCUT2D eigenvalue weighted by Crippen LogP contribution is 2.39. The number of likely N-dealkylation sites (tertiary alicyclic amines) is 1. The summed E-state index contributed by atoms with van der Waals surface area (Å²) in [6.45, 7) is 6.41. The maximum atomic E-state index is 14.0. The molecule has 1 atom stereocenters. The molecule has 4 rings (SSSR count). The van der Waals surface area contributed by atoms with Crippen molar-refractivity contribution in [2.24, 2.45) is 5.92 Å². The SMILES string of the molecule is CN1CC2=C(C=C1c1ccc(CS(C)(=O)=O)cc1)CC(C1CCN(CC(C)(C)F)CC1)O2. The number of likely N-dealkylation sites (N-methyl/N-ethyl adjacent to an activating group) is 1. The van der Waals surface area contributed by atoms with E-state index in [9.17, 15) is 12.8 Å². The molecule has 1 aromatic carbocycles. The fourth-order valence-electron chi connectivity index (χ4n) is 5.14. The average Bonchev–Trinajstić information content (AvgIpc) is 3.09. The molecule has 0 aromatic heterocycles. The smallest absolute Gasteiger partial charge is 0.151 e. The highest BCUT2D eigenvalue weighted by Gasteiger charge is 2.36. The zero-order valence-electron chi connectivity index (χ0n) is 19.6. The topological polar surface area (TPSA) is 49.9 Å². The fourth-order valence-corrected chi connectivity index (χ4v) is 5.94. The van der Waals surface area contributed by atoms with Gasteiger partial charge in [0.15, 0.2) is 9.84 Å². The molecule has 1 fully saturated rings. The second-order valence-corrected chi connectivity index (χ2v) is 12.4. The quantitative estimate of drug-likeness (QED) is 0.639. The van der Waals surface area contributed by atoms with Gasteiger partial charge < -0.3 is 14.5 Å². The van der Waals surface area contributed by atoms with Crippen LogP contribution in [0.3, 0.4) is 0 Å². The van der Waals surface area contributed by atoms with Crippen molar-refractivity contribution in [3.05, 3.63) is 52.8 Å². The third-order valence-corrected chi connectivity index (χ3v) is 7.47. The number of alkyl halides is 1. The summed E-state index contributed by atoms with van der Waals surface area (Å²) in [6, 6.07) is 7.80. The van der Waals surface area contributed by atoms with Crippen LogP contribution < -0.4 is 0 Å². The van der Waals surface area contributed by atoms with Crippen molar-refractivity contribution in [3.63, 3.8) is 0 Å². The second kappa shape index (κ2) is 8.82. The summed E-state index contributed by atoms with van der Waals surface area (Å²) in [5.41, 5.74) is 3.16. The number of hydrogen-bond donors (Lipinski definition) is 0. The summed E-state index contributed by atoms with van der Waals surface area (Å²) in [4.78, 5) is 4.43. The number of benzene rings is 1. The Hall–Kier alpha value is -1.86. The zero-order valence-corrected chi connectivity index (χ0v) is 20.4. The maximum absolute atomic E-state index is 14.0. The van der Waals surface area contributed by atoms with Crippen molar-refractivity contribution in [3.8, 4) is 0 Å². The van der Waals surface area contributed by atoms with Crippen LogP contribution in [-0.4, -0.2) is 69.5 Å². The third-order valence-electron chi connectivity index (χ3n) is 6.61. The summed E-state index contributed by atoms with van der Waals surface area (Å²) in [5.74, 6) is 1.65. The first-order chi connectivity index (χ1) is 15.0. The van der Waals surface area contributed by atoms with E-state index in [1.807, 2.05) is 24.3 Å². The average molecular weight is 463 g/mol. The van der Waals surface area contributed by atoms with Gasteiger partial charge in [-0.25, -0.2) is 12.8 Å². The number of hydrogen-bond acceptors (Lipinski definition) is 5. The highest BCUT2D eigenvalue weighted by molar-refractivity contribution is 7.89. The van der Waals surface area contributed by atoms with Gasteiger partial charge in [0.05, 0.1) is 12.3 Å². The number of ether oxygens (including phenoxy) is 1. The molecular weight excluding hydrogens is 427 g/mol. The van der Waals surface area contributed by atoms with Crippen molar-refractivity contribution < 1.29 is 17.5 Å². The van der Waals surface area contributed by atoms with Gasteiger partial charge in [0.1, 0.15) is 17.5 Å². The van der Waals surface area contributed by atoms with Gasteiger partial charge >= 0.3 is 0 Å². The summed E-state index contributed by atoms with van der Waals surface area (Å²) in [6.07, 6.45) is 6.73. The first-order valence-electron chi connectivity index (χ1n) is 11.5. The van der Waals surface area contributed by atoms with Gasteiger partial charge in [-0.15, -0.1) is 0 Å². The lowest BCUT2D eigenvalue weighted by Crippen LogP contribution is -2.43. The lowest BCUT2D eigenvalue weighted by molar-refractivity contribution is 0.0309. The van der Waals surface area contributed by atoms with Crippen molar-refractivity contribution in [1.82, 2.24) is 9.80 Å². The van der Waals surface area contributed by atoms with Crippen LogP contribution in [0.2, 0.25) is 0 Å².